The monoisotopic (exact) mass is 448 g/mol. The number of aryl methyl sites for hydroxylation is 2. The average molecular weight is 448 g/mol. The zero-order chi connectivity index (χ0) is 23.1. The van der Waals surface area contributed by atoms with Crippen molar-refractivity contribution in [3.63, 3.8) is 0 Å². The van der Waals surface area contributed by atoms with Crippen molar-refractivity contribution in [3.05, 3.63) is 83.9 Å². The topological polar surface area (TPSA) is 124 Å². The summed E-state index contributed by atoms with van der Waals surface area (Å²) in [5.41, 5.74) is 7.71. The first-order valence-corrected chi connectivity index (χ1v) is 10.9. The van der Waals surface area contributed by atoms with Crippen LogP contribution in [0.2, 0.25) is 0 Å². The quantitative estimate of drug-likeness (QED) is 0.301. The Morgan fingerprint density at radius 3 is 1.41 bits per heavy atom. The SMILES string of the molecule is Oc1cc2[nH]nnc2c(CCc2c(-c3ccccc3)c(O)cc3[nH]nnc23)c1-c1ccccc1. The predicted molar refractivity (Wildman–Crippen MR) is 129 cm³/mol. The van der Waals surface area contributed by atoms with Gasteiger partial charge < -0.3 is 10.2 Å². The Labute approximate surface area is 193 Å². The van der Waals surface area contributed by atoms with Crippen molar-refractivity contribution in [1.82, 2.24) is 30.8 Å². The van der Waals surface area contributed by atoms with Crippen LogP contribution in [0, 0.1) is 0 Å². The van der Waals surface area contributed by atoms with E-state index in [1.165, 1.54) is 0 Å². The summed E-state index contributed by atoms with van der Waals surface area (Å²) in [4.78, 5) is 0. The molecule has 0 amide bonds. The molecule has 6 rings (SSSR count). The summed E-state index contributed by atoms with van der Waals surface area (Å²) >= 11 is 0. The summed E-state index contributed by atoms with van der Waals surface area (Å²) in [5.74, 6) is 0.316. The molecule has 4 N–H and O–H groups in total. The minimum atomic E-state index is 0.158. The minimum absolute atomic E-state index is 0.158. The van der Waals surface area contributed by atoms with Crippen LogP contribution in [0.4, 0.5) is 0 Å². The Morgan fingerprint density at radius 2 is 1.00 bits per heavy atom. The van der Waals surface area contributed by atoms with E-state index < -0.39 is 0 Å². The van der Waals surface area contributed by atoms with E-state index in [2.05, 4.69) is 30.8 Å². The summed E-state index contributed by atoms with van der Waals surface area (Å²) in [6, 6.07) is 22.8. The van der Waals surface area contributed by atoms with E-state index in [4.69, 9.17) is 0 Å². The molecule has 0 atom stereocenters. The molecule has 2 aromatic heterocycles. The van der Waals surface area contributed by atoms with Gasteiger partial charge in [0.1, 0.15) is 22.5 Å². The van der Waals surface area contributed by atoms with Gasteiger partial charge in [-0.1, -0.05) is 71.1 Å². The maximum atomic E-state index is 10.9. The van der Waals surface area contributed by atoms with Crippen molar-refractivity contribution in [3.8, 4) is 33.8 Å². The molecule has 6 aromatic rings. The van der Waals surface area contributed by atoms with Crippen molar-refractivity contribution in [2.24, 2.45) is 0 Å². The van der Waals surface area contributed by atoms with Gasteiger partial charge in [0, 0.05) is 23.3 Å². The maximum Gasteiger partial charge on any atom is 0.125 e. The van der Waals surface area contributed by atoms with Crippen molar-refractivity contribution in [2.45, 2.75) is 12.8 Å². The number of H-pyrrole nitrogens is 2. The fourth-order valence-electron chi connectivity index (χ4n) is 4.67. The third kappa shape index (κ3) is 3.24. The molecule has 0 unspecified atom stereocenters. The van der Waals surface area contributed by atoms with Crippen LogP contribution in [0.15, 0.2) is 72.8 Å². The lowest BCUT2D eigenvalue weighted by Gasteiger charge is -2.15. The lowest BCUT2D eigenvalue weighted by Crippen LogP contribution is -2.00. The first-order valence-electron chi connectivity index (χ1n) is 10.9. The third-order valence-corrected chi connectivity index (χ3v) is 6.15. The molecule has 166 valence electrons. The molecular formula is C26H20N6O2. The molecule has 0 spiro atoms. The average Bonchev–Trinajstić information content (AvgIpc) is 3.52. The predicted octanol–water partition coefficient (Wildman–Crippen LogP) is 4.76. The molecule has 4 aromatic carbocycles. The molecule has 0 saturated heterocycles. The summed E-state index contributed by atoms with van der Waals surface area (Å²) < 4.78 is 0. The van der Waals surface area contributed by atoms with Gasteiger partial charge in [-0.25, -0.2) is 0 Å². The first-order chi connectivity index (χ1) is 16.7. The van der Waals surface area contributed by atoms with E-state index >= 15 is 0 Å². The molecule has 8 nitrogen and oxygen atoms in total. The van der Waals surface area contributed by atoms with Gasteiger partial charge in [-0.2, -0.15) is 0 Å². The van der Waals surface area contributed by atoms with Crippen molar-refractivity contribution < 1.29 is 10.2 Å². The second-order valence-electron chi connectivity index (χ2n) is 8.15. The van der Waals surface area contributed by atoms with Crippen molar-refractivity contribution >= 4 is 22.1 Å². The molecule has 8 heteroatoms. The zero-order valence-corrected chi connectivity index (χ0v) is 18.0. The van der Waals surface area contributed by atoms with E-state index in [0.717, 1.165) is 33.4 Å². The number of aromatic amines is 2. The highest BCUT2D eigenvalue weighted by Gasteiger charge is 2.21. The van der Waals surface area contributed by atoms with Gasteiger partial charge in [-0.3, -0.25) is 10.2 Å². The number of hydrogen-bond donors (Lipinski definition) is 4. The standard InChI is InChI=1S/C26H20N6O2/c33-21-13-19-25(29-31-27-19)17(23(21)15-7-3-1-4-8-15)11-12-18-24(16-9-5-2-6-10-16)22(34)14-20-26(18)30-32-28-20/h1-10,13-14,33-34H,11-12H2,(H,27,29,31)(H,28,30,32). The Bertz CT molecular complexity index is 1500. The molecule has 0 radical (unpaired) electrons. The van der Waals surface area contributed by atoms with Gasteiger partial charge >= 0.3 is 0 Å². The largest absolute Gasteiger partial charge is 0.507 e. The molecule has 0 aliphatic heterocycles. The minimum Gasteiger partial charge on any atom is -0.507 e. The normalized spacial score (nSPS) is 11.4. The number of nitrogens with zero attached hydrogens (tertiary/aromatic N) is 4. The van der Waals surface area contributed by atoms with Gasteiger partial charge in [-0.15, -0.1) is 10.2 Å². The van der Waals surface area contributed by atoms with Crippen LogP contribution in [-0.4, -0.2) is 41.0 Å². The molecule has 0 aliphatic carbocycles. The van der Waals surface area contributed by atoms with E-state index in [1.807, 2.05) is 60.7 Å². The number of fused-ring (bicyclic) bond motifs is 2. The smallest absolute Gasteiger partial charge is 0.125 e. The fraction of sp³-hybridized carbons (Fsp3) is 0.0769. The number of phenolic OH excluding ortho intramolecular Hbond substituents is 2. The van der Waals surface area contributed by atoms with Crippen LogP contribution in [0.25, 0.3) is 44.3 Å². The Hall–Kier alpha value is -4.72. The highest BCUT2D eigenvalue weighted by molar-refractivity contribution is 5.92. The number of aromatic nitrogens is 6. The maximum absolute atomic E-state index is 10.9. The van der Waals surface area contributed by atoms with E-state index in [1.54, 1.807) is 12.1 Å². The number of benzene rings is 4. The van der Waals surface area contributed by atoms with Crippen LogP contribution in [0.1, 0.15) is 11.1 Å². The van der Waals surface area contributed by atoms with Crippen LogP contribution in [-0.2, 0) is 12.8 Å². The second-order valence-corrected chi connectivity index (χ2v) is 8.15. The van der Waals surface area contributed by atoms with Crippen molar-refractivity contribution in [2.75, 3.05) is 0 Å². The summed E-state index contributed by atoms with van der Waals surface area (Å²) in [6.45, 7) is 0. The third-order valence-electron chi connectivity index (χ3n) is 6.15. The van der Waals surface area contributed by atoms with Gasteiger partial charge in [0.25, 0.3) is 0 Å². The van der Waals surface area contributed by atoms with Gasteiger partial charge in [0.2, 0.25) is 0 Å². The fourth-order valence-corrected chi connectivity index (χ4v) is 4.67. The second kappa shape index (κ2) is 8.00. The van der Waals surface area contributed by atoms with E-state index in [-0.39, 0.29) is 11.5 Å². The summed E-state index contributed by atoms with van der Waals surface area (Å²) in [6.07, 6.45) is 1.07. The van der Waals surface area contributed by atoms with Crippen LogP contribution < -0.4 is 0 Å². The highest BCUT2D eigenvalue weighted by atomic mass is 16.3. The first kappa shape index (κ1) is 19.9. The number of hydrogen-bond acceptors (Lipinski definition) is 6. The van der Waals surface area contributed by atoms with Gasteiger partial charge in [0.05, 0.1) is 11.0 Å². The van der Waals surface area contributed by atoms with E-state index in [9.17, 15) is 10.2 Å². The number of rotatable bonds is 5. The number of nitrogens with one attached hydrogen (secondary N) is 2. The van der Waals surface area contributed by atoms with Crippen LogP contribution >= 0.6 is 0 Å². The molecule has 0 fully saturated rings. The van der Waals surface area contributed by atoms with Crippen molar-refractivity contribution in [1.29, 1.82) is 0 Å². The van der Waals surface area contributed by atoms with Gasteiger partial charge in [0.15, 0.2) is 0 Å². The Morgan fingerprint density at radius 1 is 0.588 bits per heavy atom. The van der Waals surface area contributed by atoms with Crippen LogP contribution in [0.3, 0.4) is 0 Å². The molecule has 0 saturated carbocycles. The molecular weight excluding hydrogens is 428 g/mol. The molecule has 0 bridgehead atoms. The number of aromatic hydroxyl groups is 2. The number of phenols is 2. The lowest BCUT2D eigenvalue weighted by molar-refractivity contribution is 0.476. The summed E-state index contributed by atoms with van der Waals surface area (Å²) in [7, 11) is 0. The summed E-state index contributed by atoms with van der Waals surface area (Å²) in [5, 5.41) is 44.1. The lowest BCUT2D eigenvalue weighted by atomic mass is 9.89. The molecule has 34 heavy (non-hydrogen) atoms. The van der Waals surface area contributed by atoms with Crippen LogP contribution in [0.5, 0.6) is 11.5 Å². The van der Waals surface area contributed by atoms with Gasteiger partial charge in [-0.05, 0) is 35.1 Å². The Kier molecular flexibility index (Phi) is 4.69. The van der Waals surface area contributed by atoms with E-state index in [0.29, 0.717) is 34.9 Å². The molecule has 0 aliphatic rings. The Balaban J connectivity index is 1.53. The molecule has 2 heterocycles. The highest BCUT2D eigenvalue weighted by Crippen LogP contribution is 2.40. The zero-order valence-electron chi connectivity index (χ0n) is 18.0.